The van der Waals surface area contributed by atoms with Gasteiger partial charge in [0, 0.05) is 29.9 Å². The summed E-state index contributed by atoms with van der Waals surface area (Å²) in [4.78, 5) is 27.3. The van der Waals surface area contributed by atoms with Crippen LogP contribution in [0.4, 0.5) is 5.69 Å². The molecule has 0 saturated carbocycles. The average Bonchev–Trinajstić information content (AvgIpc) is 2.56. The Morgan fingerprint density at radius 1 is 1.30 bits per heavy atom. The van der Waals surface area contributed by atoms with Gasteiger partial charge in [0.05, 0.1) is 10.3 Å². The first-order chi connectivity index (χ1) is 11.0. The molecule has 0 aliphatic rings. The SMILES string of the molecule is CCn1nc(-c2ccc(C)c([N+](=O)[O-])c2)c2ncccc2c1=O. The topological polar surface area (TPSA) is 90.9 Å². The van der Waals surface area contributed by atoms with Crippen molar-refractivity contribution in [3.05, 3.63) is 62.6 Å². The largest absolute Gasteiger partial charge is 0.276 e. The van der Waals surface area contributed by atoms with E-state index in [1.807, 2.05) is 6.92 Å². The summed E-state index contributed by atoms with van der Waals surface area (Å²) < 4.78 is 1.34. The number of nitrogens with zero attached hydrogens (tertiary/aromatic N) is 4. The quantitative estimate of drug-likeness (QED) is 0.548. The minimum atomic E-state index is -0.426. The van der Waals surface area contributed by atoms with Gasteiger partial charge in [-0.05, 0) is 26.0 Å². The van der Waals surface area contributed by atoms with E-state index in [4.69, 9.17) is 0 Å². The Morgan fingerprint density at radius 3 is 2.78 bits per heavy atom. The van der Waals surface area contributed by atoms with E-state index in [1.54, 1.807) is 37.4 Å². The predicted octanol–water partition coefficient (Wildman–Crippen LogP) is 2.70. The predicted molar refractivity (Wildman–Crippen MR) is 86.3 cm³/mol. The first-order valence-corrected chi connectivity index (χ1v) is 7.14. The molecule has 0 aliphatic heterocycles. The summed E-state index contributed by atoms with van der Waals surface area (Å²) >= 11 is 0. The van der Waals surface area contributed by atoms with Gasteiger partial charge in [0.2, 0.25) is 0 Å². The fourth-order valence-corrected chi connectivity index (χ4v) is 2.48. The van der Waals surface area contributed by atoms with Gasteiger partial charge in [0.1, 0.15) is 11.2 Å². The molecular formula is C16H14N4O3. The zero-order valence-electron chi connectivity index (χ0n) is 12.7. The molecule has 0 saturated heterocycles. The third-order valence-corrected chi connectivity index (χ3v) is 3.70. The van der Waals surface area contributed by atoms with Crippen LogP contribution in [0.25, 0.3) is 22.2 Å². The van der Waals surface area contributed by atoms with Gasteiger partial charge in [0.15, 0.2) is 0 Å². The maximum Gasteiger partial charge on any atom is 0.276 e. The van der Waals surface area contributed by atoms with Gasteiger partial charge in [0.25, 0.3) is 11.2 Å². The molecule has 7 heteroatoms. The molecular weight excluding hydrogens is 296 g/mol. The lowest BCUT2D eigenvalue weighted by molar-refractivity contribution is -0.385. The van der Waals surface area contributed by atoms with E-state index in [0.717, 1.165) is 0 Å². The van der Waals surface area contributed by atoms with Crippen molar-refractivity contribution in [1.29, 1.82) is 0 Å². The van der Waals surface area contributed by atoms with Gasteiger partial charge in [-0.1, -0.05) is 12.1 Å². The molecule has 116 valence electrons. The fourth-order valence-electron chi connectivity index (χ4n) is 2.48. The highest BCUT2D eigenvalue weighted by atomic mass is 16.6. The Balaban J connectivity index is 2.36. The van der Waals surface area contributed by atoms with E-state index >= 15 is 0 Å². The van der Waals surface area contributed by atoms with Crippen LogP contribution in [-0.2, 0) is 6.54 Å². The van der Waals surface area contributed by atoms with Crippen molar-refractivity contribution in [2.45, 2.75) is 20.4 Å². The van der Waals surface area contributed by atoms with E-state index in [0.29, 0.717) is 34.3 Å². The number of benzene rings is 1. The molecule has 0 spiro atoms. The minimum Gasteiger partial charge on any atom is -0.267 e. The number of fused-ring (bicyclic) bond motifs is 1. The van der Waals surface area contributed by atoms with Crippen molar-refractivity contribution in [3.63, 3.8) is 0 Å². The number of nitro benzene ring substituents is 1. The van der Waals surface area contributed by atoms with Crippen LogP contribution in [0, 0.1) is 17.0 Å². The Morgan fingerprint density at radius 2 is 2.09 bits per heavy atom. The lowest BCUT2D eigenvalue weighted by atomic mass is 10.1. The zero-order chi connectivity index (χ0) is 16.6. The first kappa shape index (κ1) is 14.8. The summed E-state index contributed by atoms with van der Waals surface area (Å²) in [6.45, 7) is 3.90. The van der Waals surface area contributed by atoms with Gasteiger partial charge < -0.3 is 0 Å². The molecule has 3 aromatic rings. The Kier molecular flexibility index (Phi) is 3.61. The lowest BCUT2D eigenvalue weighted by Gasteiger charge is -2.09. The van der Waals surface area contributed by atoms with E-state index < -0.39 is 4.92 Å². The fraction of sp³-hybridized carbons (Fsp3) is 0.188. The van der Waals surface area contributed by atoms with Crippen LogP contribution >= 0.6 is 0 Å². The highest BCUT2D eigenvalue weighted by molar-refractivity contribution is 5.90. The summed E-state index contributed by atoms with van der Waals surface area (Å²) in [5.41, 5.74) is 1.84. The molecule has 0 bridgehead atoms. The molecule has 0 N–H and O–H groups in total. The molecule has 2 aromatic heterocycles. The zero-order valence-corrected chi connectivity index (χ0v) is 12.7. The molecule has 0 amide bonds. The molecule has 3 rings (SSSR count). The molecule has 0 aliphatic carbocycles. The van der Waals surface area contributed by atoms with Crippen LogP contribution in [-0.4, -0.2) is 19.7 Å². The normalized spacial score (nSPS) is 10.9. The number of aromatic nitrogens is 3. The molecule has 0 radical (unpaired) electrons. The molecule has 0 unspecified atom stereocenters. The molecule has 1 aromatic carbocycles. The molecule has 23 heavy (non-hydrogen) atoms. The molecule has 0 fully saturated rings. The Hall–Kier alpha value is -3.09. The second-order valence-electron chi connectivity index (χ2n) is 5.13. The first-order valence-electron chi connectivity index (χ1n) is 7.14. The highest BCUT2D eigenvalue weighted by Gasteiger charge is 2.17. The monoisotopic (exact) mass is 310 g/mol. The third-order valence-electron chi connectivity index (χ3n) is 3.70. The number of aryl methyl sites for hydroxylation is 2. The number of pyridine rings is 1. The van der Waals surface area contributed by atoms with Gasteiger partial charge in [-0.3, -0.25) is 19.9 Å². The second kappa shape index (κ2) is 5.60. The van der Waals surface area contributed by atoms with Crippen molar-refractivity contribution < 1.29 is 4.92 Å². The smallest absolute Gasteiger partial charge is 0.267 e. The Bertz CT molecular complexity index is 979. The number of hydrogen-bond donors (Lipinski definition) is 0. The van der Waals surface area contributed by atoms with E-state index in [-0.39, 0.29) is 11.2 Å². The Labute approximate surface area is 131 Å². The van der Waals surface area contributed by atoms with Crippen molar-refractivity contribution in [1.82, 2.24) is 14.8 Å². The van der Waals surface area contributed by atoms with Crippen molar-refractivity contribution in [3.8, 4) is 11.3 Å². The van der Waals surface area contributed by atoms with Crippen LogP contribution in [0.2, 0.25) is 0 Å². The van der Waals surface area contributed by atoms with Crippen LogP contribution < -0.4 is 5.56 Å². The van der Waals surface area contributed by atoms with Crippen LogP contribution in [0.3, 0.4) is 0 Å². The number of rotatable bonds is 3. The summed E-state index contributed by atoms with van der Waals surface area (Å²) in [7, 11) is 0. The van der Waals surface area contributed by atoms with Crippen molar-refractivity contribution in [2.24, 2.45) is 0 Å². The summed E-state index contributed by atoms with van der Waals surface area (Å²) in [6.07, 6.45) is 1.58. The average molecular weight is 310 g/mol. The summed E-state index contributed by atoms with van der Waals surface area (Å²) in [6, 6.07) is 8.26. The van der Waals surface area contributed by atoms with E-state index in [9.17, 15) is 14.9 Å². The van der Waals surface area contributed by atoms with Crippen LogP contribution in [0.15, 0.2) is 41.3 Å². The maximum absolute atomic E-state index is 12.3. The maximum atomic E-state index is 12.3. The highest BCUT2D eigenvalue weighted by Crippen LogP contribution is 2.28. The van der Waals surface area contributed by atoms with E-state index in [2.05, 4.69) is 10.1 Å². The lowest BCUT2D eigenvalue weighted by Crippen LogP contribution is -2.23. The van der Waals surface area contributed by atoms with Gasteiger partial charge in [-0.15, -0.1) is 0 Å². The number of hydrogen-bond acceptors (Lipinski definition) is 5. The number of nitro groups is 1. The van der Waals surface area contributed by atoms with Gasteiger partial charge >= 0.3 is 0 Å². The van der Waals surface area contributed by atoms with Crippen LogP contribution in [0.1, 0.15) is 12.5 Å². The standard InChI is InChI=1S/C16H14N4O3/c1-3-19-16(21)12-5-4-8-17-15(12)14(18-19)11-7-6-10(2)13(9-11)20(22)23/h4-9H,3H2,1-2H3. The van der Waals surface area contributed by atoms with Crippen molar-refractivity contribution >= 4 is 16.6 Å². The van der Waals surface area contributed by atoms with Gasteiger partial charge in [-0.25, -0.2) is 4.68 Å². The summed E-state index contributed by atoms with van der Waals surface area (Å²) in [5, 5.41) is 15.9. The van der Waals surface area contributed by atoms with Gasteiger partial charge in [-0.2, -0.15) is 5.10 Å². The van der Waals surface area contributed by atoms with Crippen LogP contribution in [0.5, 0.6) is 0 Å². The minimum absolute atomic E-state index is 0.0163. The molecule has 0 atom stereocenters. The molecule has 7 nitrogen and oxygen atoms in total. The second-order valence-corrected chi connectivity index (χ2v) is 5.13. The van der Waals surface area contributed by atoms with Crippen molar-refractivity contribution in [2.75, 3.05) is 0 Å². The third kappa shape index (κ3) is 2.46. The van der Waals surface area contributed by atoms with E-state index in [1.165, 1.54) is 10.7 Å². The summed E-state index contributed by atoms with van der Waals surface area (Å²) in [5.74, 6) is 0. The molecule has 2 heterocycles.